The van der Waals surface area contributed by atoms with Crippen LogP contribution in [0.4, 0.5) is 20.3 Å². The largest absolute Gasteiger partial charge is 0.371 e. The molecule has 2 aromatic rings. The molecule has 0 radical (unpaired) electrons. The number of carbonyl (C=O) groups excluding carboxylic acids is 1. The fourth-order valence-corrected chi connectivity index (χ4v) is 5.70. The van der Waals surface area contributed by atoms with E-state index in [1.54, 1.807) is 4.68 Å². The van der Waals surface area contributed by atoms with Crippen molar-refractivity contribution in [1.29, 1.82) is 0 Å². The molecule has 2 heterocycles. The van der Waals surface area contributed by atoms with Crippen molar-refractivity contribution < 1.29 is 13.6 Å². The number of aromatic nitrogens is 2. The Morgan fingerprint density at radius 2 is 1.78 bits per heavy atom. The van der Waals surface area contributed by atoms with Crippen LogP contribution in [0.2, 0.25) is 0 Å². The summed E-state index contributed by atoms with van der Waals surface area (Å²) >= 11 is 2.29. The van der Waals surface area contributed by atoms with Crippen molar-refractivity contribution in [3.63, 3.8) is 0 Å². The molecule has 0 atom stereocenters. The lowest BCUT2D eigenvalue weighted by molar-refractivity contribution is -0.0451. The summed E-state index contributed by atoms with van der Waals surface area (Å²) < 4.78 is 30.0. The molecule has 1 aromatic heterocycles. The molecule has 1 aliphatic heterocycles. The number of aryl methyl sites for hydroxylation is 1. The first-order chi connectivity index (χ1) is 15.2. The second-order valence-corrected chi connectivity index (χ2v) is 11.1. The van der Waals surface area contributed by atoms with Gasteiger partial charge in [-0.1, -0.05) is 0 Å². The number of rotatable bonds is 4. The monoisotopic (exact) mass is 554 g/mol. The molecule has 3 aliphatic rings. The third-order valence-electron chi connectivity index (χ3n) is 7.52. The Balaban J connectivity index is 1.31. The van der Waals surface area contributed by atoms with Gasteiger partial charge in [-0.15, -0.1) is 0 Å². The first-order valence-electron chi connectivity index (χ1n) is 11.5. The predicted octanol–water partition coefficient (Wildman–Crippen LogP) is 6.18. The first kappa shape index (κ1) is 22.1. The fraction of sp³-hybridized carbons (Fsp3) is 0.583. The second kappa shape index (κ2) is 8.25. The number of nitrogens with one attached hydrogen (secondary N) is 1. The number of amides is 1. The van der Waals surface area contributed by atoms with Gasteiger partial charge in [-0.3, -0.25) is 9.48 Å². The van der Waals surface area contributed by atoms with Gasteiger partial charge >= 0.3 is 0 Å². The van der Waals surface area contributed by atoms with E-state index in [2.05, 4.69) is 44.0 Å². The summed E-state index contributed by atoms with van der Waals surface area (Å²) in [6, 6.07) is 7.72. The molecule has 5 nitrogen and oxygen atoms in total. The number of hydrogen-bond donors (Lipinski definition) is 1. The molecule has 1 amide bonds. The maximum absolute atomic E-state index is 13.5. The Labute approximate surface area is 201 Å². The molecular weight excluding hydrogens is 525 g/mol. The van der Waals surface area contributed by atoms with E-state index in [9.17, 15) is 13.6 Å². The van der Waals surface area contributed by atoms with Gasteiger partial charge in [0.05, 0.1) is 17.3 Å². The van der Waals surface area contributed by atoms with Gasteiger partial charge in [0.2, 0.25) is 5.92 Å². The topological polar surface area (TPSA) is 50.2 Å². The van der Waals surface area contributed by atoms with E-state index in [0.717, 1.165) is 28.0 Å². The molecule has 0 unspecified atom stereocenters. The zero-order chi connectivity index (χ0) is 22.5. The van der Waals surface area contributed by atoms with Crippen molar-refractivity contribution in [2.75, 3.05) is 23.3 Å². The van der Waals surface area contributed by atoms with Crippen molar-refractivity contribution in [3.05, 3.63) is 39.1 Å². The highest BCUT2D eigenvalue weighted by Gasteiger charge is 2.44. The van der Waals surface area contributed by atoms with Gasteiger partial charge in [-0.2, -0.15) is 5.10 Å². The van der Waals surface area contributed by atoms with E-state index < -0.39 is 5.92 Å². The van der Waals surface area contributed by atoms with Crippen LogP contribution in [0, 0.1) is 15.9 Å². The van der Waals surface area contributed by atoms with Gasteiger partial charge in [-0.05, 0) is 91.7 Å². The van der Waals surface area contributed by atoms with Crippen molar-refractivity contribution >= 4 is 40.0 Å². The minimum absolute atomic E-state index is 0.0442. The zero-order valence-corrected chi connectivity index (χ0v) is 20.5. The Hall–Kier alpha value is -1.71. The summed E-state index contributed by atoms with van der Waals surface area (Å²) in [5.41, 5.74) is 3.09. The normalized spacial score (nSPS) is 22.2. The molecular formula is C24H29F2IN4O. The van der Waals surface area contributed by atoms with E-state index in [0.29, 0.717) is 29.6 Å². The number of hydrogen-bond acceptors (Lipinski definition) is 3. The number of halogens is 3. The highest BCUT2D eigenvalue weighted by atomic mass is 127. The summed E-state index contributed by atoms with van der Waals surface area (Å²) in [4.78, 5) is 15.6. The molecule has 3 fully saturated rings. The van der Waals surface area contributed by atoms with Crippen molar-refractivity contribution in [3.8, 4) is 0 Å². The minimum atomic E-state index is -2.57. The number of alkyl halides is 2. The highest BCUT2D eigenvalue weighted by Crippen LogP contribution is 2.54. The minimum Gasteiger partial charge on any atom is -0.371 e. The molecule has 1 N–H and O–H groups in total. The van der Waals surface area contributed by atoms with Gasteiger partial charge in [0.15, 0.2) is 5.82 Å². The van der Waals surface area contributed by atoms with E-state index in [4.69, 9.17) is 0 Å². The van der Waals surface area contributed by atoms with Gasteiger partial charge in [0, 0.05) is 41.3 Å². The van der Waals surface area contributed by atoms with Gasteiger partial charge in [-0.25, -0.2) is 8.78 Å². The lowest BCUT2D eigenvalue weighted by atomic mass is 9.92. The van der Waals surface area contributed by atoms with Gasteiger partial charge in [0.25, 0.3) is 5.91 Å². The maximum Gasteiger partial charge on any atom is 0.258 e. The number of anilines is 2. The average Bonchev–Trinajstić information content (AvgIpc) is 3.41. The molecule has 1 saturated heterocycles. The smallest absolute Gasteiger partial charge is 0.258 e. The lowest BCUT2D eigenvalue weighted by Gasteiger charge is -2.35. The van der Waals surface area contributed by atoms with Gasteiger partial charge in [0.1, 0.15) is 0 Å². The van der Waals surface area contributed by atoms with Crippen LogP contribution in [0.3, 0.4) is 0 Å². The summed E-state index contributed by atoms with van der Waals surface area (Å²) in [5.74, 6) is -2.27. The molecule has 8 heteroatoms. The molecule has 0 bridgehead atoms. The van der Waals surface area contributed by atoms with Crippen LogP contribution in [0.5, 0.6) is 0 Å². The zero-order valence-electron chi connectivity index (χ0n) is 18.3. The van der Waals surface area contributed by atoms with Crippen LogP contribution in [-0.4, -0.2) is 34.7 Å². The SMILES string of the molecule is Cc1cc(NC(=O)c2ccc(I)cc2N2CCC3(CC2)CC3)nn1C1CCC(F)(F)CC1. The van der Waals surface area contributed by atoms with Crippen LogP contribution in [0.1, 0.15) is 73.5 Å². The molecule has 2 aliphatic carbocycles. The standard InChI is InChI=1S/C24H29F2IN4O/c1-16-14-21(29-31(16)18-4-6-24(25,26)7-5-18)28-22(32)19-3-2-17(27)15-20(19)30-12-10-23(8-9-23)11-13-30/h2-3,14-15,18H,4-13H2,1H3,(H,28,29,32). The number of piperidine rings is 1. The third kappa shape index (κ3) is 4.52. The van der Waals surface area contributed by atoms with E-state index in [1.165, 1.54) is 25.7 Å². The molecule has 2 saturated carbocycles. The predicted molar refractivity (Wildman–Crippen MR) is 130 cm³/mol. The van der Waals surface area contributed by atoms with E-state index >= 15 is 0 Å². The number of nitrogens with zero attached hydrogens (tertiary/aromatic N) is 3. The Bertz CT molecular complexity index is 1010. The fourth-order valence-electron chi connectivity index (χ4n) is 5.23. The van der Waals surface area contributed by atoms with Crippen molar-refractivity contribution in [2.24, 2.45) is 5.41 Å². The Kier molecular flexibility index (Phi) is 5.70. The van der Waals surface area contributed by atoms with Crippen LogP contribution in [0.15, 0.2) is 24.3 Å². The van der Waals surface area contributed by atoms with Crippen molar-refractivity contribution in [1.82, 2.24) is 9.78 Å². The van der Waals surface area contributed by atoms with Gasteiger partial charge < -0.3 is 10.2 Å². The van der Waals surface area contributed by atoms with Crippen LogP contribution >= 0.6 is 22.6 Å². The molecule has 32 heavy (non-hydrogen) atoms. The molecule has 1 aromatic carbocycles. The van der Waals surface area contributed by atoms with Crippen LogP contribution < -0.4 is 10.2 Å². The quantitative estimate of drug-likeness (QED) is 0.460. The lowest BCUT2D eigenvalue weighted by Crippen LogP contribution is -2.35. The number of carbonyl (C=O) groups is 1. The number of benzene rings is 1. The van der Waals surface area contributed by atoms with Crippen molar-refractivity contribution in [2.45, 2.75) is 70.3 Å². The Morgan fingerprint density at radius 1 is 1.09 bits per heavy atom. The summed E-state index contributed by atoms with van der Waals surface area (Å²) in [6.45, 7) is 3.88. The molecule has 5 rings (SSSR count). The molecule has 1 spiro atoms. The van der Waals surface area contributed by atoms with Crippen LogP contribution in [0.25, 0.3) is 0 Å². The highest BCUT2D eigenvalue weighted by molar-refractivity contribution is 14.1. The first-order valence-corrected chi connectivity index (χ1v) is 12.6. The maximum atomic E-state index is 13.5. The van der Waals surface area contributed by atoms with E-state index in [-0.39, 0.29) is 24.8 Å². The summed E-state index contributed by atoms with van der Waals surface area (Å²) in [5, 5.41) is 7.51. The molecule has 172 valence electrons. The Morgan fingerprint density at radius 3 is 2.44 bits per heavy atom. The van der Waals surface area contributed by atoms with Crippen LogP contribution in [-0.2, 0) is 0 Å². The summed E-state index contributed by atoms with van der Waals surface area (Å²) in [6.07, 6.45) is 5.68. The summed E-state index contributed by atoms with van der Waals surface area (Å²) in [7, 11) is 0. The third-order valence-corrected chi connectivity index (χ3v) is 8.19. The van der Waals surface area contributed by atoms with E-state index in [1.807, 2.05) is 25.1 Å². The average molecular weight is 554 g/mol. The second-order valence-electron chi connectivity index (χ2n) is 9.81.